The lowest BCUT2D eigenvalue weighted by Crippen LogP contribution is -2.30. The number of hydrogen-bond donors (Lipinski definition) is 1. The van der Waals surface area contributed by atoms with Crippen LogP contribution in [0.2, 0.25) is 5.02 Å². The maximum atomic E-state index is 12.2. The van der Waals surface area contributed by atoms with Crippen LogP contribution in [0.15, 0.2) is 54.6 Å². The molecule has 23 heavy (non-hydrogen) atoms. The monoisotopic (exact) mass is 329 g/mol. The zero-order chi connectivity index (χ0) is 16.7. The molecule has 1 amide bonds. The smallest absolute Gasteiger partial charge is 0.251 e. The highest BCUT2D eigenvalue weighted by atomic mass is 35.5. The van der Waals surface area contributed by atoms with E-state index in [-0.39, 0.29) is 5.91 Å². The number of hydrogen-bond acceptors (Lipinski definition) is 1. The van der Waals surface area contributed by atoms with E-state index in [1.807, 2.05) is 6.07 Å². The van der Waals surface area contributed by atoms with E-state index in [9.17, 15) is 4.79 Å². The van der Waals surface area contributed by atoms with E-state index < -0.39 is 0 Å². The summed E-state index contributed by atoms with van der Waals surface area (Å²) in [6.45, 7) is 5.13. The molecule has 0 spiro atoms. The van der Waals surface area contributed by atoms with E-state index in [4.69, 9.17) is 11.6 Å². The SMILES string of the molecule is CC(C)CC(CNC(=O)c1ccc(Cl)cc1)Cc1ccccc1. The van der Waals surface area contributed by atoms with Gasteiger partial charge in [-0.2, -0.15) is 0 Å². The van der Waals surface area contributed by atoms with Gasteiger partial charge in [0.15, 0.2) is 0 Å². The molecule has 0 radical (unpaired) electrons. The topological polar surface area (TPSA) is 29.1 Å². The van der Waals surface area contributed by atoms with Crippen LogP contribution in [0, 0.1) is 11.8 Å². The Morgan fingerprint density at radius 2 is 1.70 bits per heavy atom. The van der Waals surface area contributed by atoms with Gasteiger partial charge < -0.3 is 5.32 Å². The van der Waals surface area contributed by atoms with E-state index >= 15 is 0 Å². The average Bonchev–Trinajstić information content (AvgIpc) is 2.53. The molecule has 0 aliphatic carbocycles. The molecule has 0 saturated carbocycles. The Labute approximate surface area is 143 Å². The normalized spacial score (nSPS) is 12.2. The van der Waals surface area contributed by atoms with Gasteiger partial charge in [0.05, 0.1) is 0 Å². The van der Waals surface area contributed by atoms with Crippen molar-refractivity contribution in [2.24, 2.45) is 11.8 Å². The van der Waals surface area contributed by atoms with Gasteiger partial charge in [0.2, 0.25) is 0 Å². The third kappa shape index (κ3) is 6.07. The average molecular weight is 330 g/mol. The van der Waals surface area contributed by atoms with Crippen molar-refractivity contribution in [1.29, 1.82) is 0 Å². The van der Waals surface area contributed by atoms with Crippen molar-refractivity contribution < 1.29 is 4.79 Å². The zero-order valence-corrected chi connectivity index (χ0v) is 14.5. The Balaban J connectivity index is 1.94. The van der Waals surface area contributed by atoms with E-state index in [0.29, 0.717) is 29.0 Å². The number of halogens is 1. The standard InChI is InChI=1S/C20H24ClNO/c1-15(2)12-17(13-16-6-4-3-5-7-16)14-22-20(23)18-8-10-19(21)11-9-18/h3-11,15,17H,12-14H2,1-2H3,(H,22,23). The Hall–Kier alpha value is -1.80. The van der Waals surface area contributed by atoms with Gasteiger partial charge in [-0.25, -0.2) is 0 Å². The highest BCUT2D eigenvalue weighted by Gasteiger charge is 2.14. The van der Waals surface area contributed by atoms with Crippen LogP contribution in [0.3, 0.4) is 0 Å². The first-order chi connectivity index (χ1) is 11.0. The largest absolute Gasteiger partial charge is 0.352 e. The van der Waals surface area contributed by atoms with Crippen LogP contribution in [-0.4, -0.2) is 12.5 Å². The predicted octanol–water partition coefficient (Wildman–Crippen LogP) is 4.97. The van der Waals surface area contributed by atoms with Crippen molar-refractivity contribution in [3.8, 4) is 0 Å². The van der Waals surface area contributed by atoms with Crippen LogP contribution >= 0.6 is 11.6 Å². The van der Waals surface area contributed by atoms with Crippen molar-refractivity contribution in [3.05, 3.63) is 70.7 Å². The first-order valence-corrected chi connectivity index (χ1v) is 8.50. The molecule has 0 saturated heterocycles. The molecule has 0 aromatic heterocycles. The van der Waals surface area contributed by atoms with Gasteiger partial charge in [0.25, 0.3) is 5.91 Å². The Kier molecular flexibility index (Phi) is 6.66. The maximum Gasteiger partial charge on any atom is 0.251 e. The third-order valence-electron chi connectivity index (χ3n) is 3.83. The number of rotatable bonds is 7. The van der Waals surface area contributed by atoms with E-state index in [1.165, 1.54) is 5.56 Å². The van der Waals surface area contributed by atoms with Gasteiger partial charge in [0, 0.05) is 17.1 Å². The van der Waals surface area contributed by atoms with Crippen LogP contribution in [0.25, 0.3) is 0 Å². The van der Waals surface area contributed by atoms with Gasteiger partial charge in [-0.1, -0.05) is 55.8 Å². The molecular weight excluding hydrogens is 306 g/mol. The number of carbonyl (C=O) groups is 1. The number of amides is 1. The quantitative estimate of drug-likeness (QED) is 0.763. The Morgan fingerprint density at radius 1 is 1.04 bits per heavy atom. The summed E-state index contributed by atoms with van der Waals surface area (Å²) in [7, 11) is 0. The summed E-state index contributed by atoms with van der Waals surface area (Å²) in [6.07, 6.45) is 2.08. The van der Waals surface area contributed by atoms with Gasteiger partial charge in [0.1, 0.15) is 0 Å². The third-order valence-corrected chi connectivity index (χ3v) is 4.08. The molecule has 0 bridgehead atoms. The number of benzene rings is 2. The molecule has 1 unspecified atom stereocenters. The van der Waals surface area contributed by atoms with E-state index in [2.05, 4.69) is 43.4 Å². The van der Waals surface area contributed by atoms with Gasteiger partial charge in [-0.15, -0.1) is 0 Å². The minimum Gasteiger partial charge on any atom is -0.352 e. The minimum absolute atomic E-state index is 0.0384. The molecule has 122 valence electrons. The second kappa shape index (κ2) is 8.73. The van der Waals surface area contributed by atoms with Crippen LogP contribution < -0.4 is 5.32 Å². The number of nitrogens with one attached hydrogen (secondary N) is 1. The molecule has 0 aliphatic rings. The summed E-state index contributed by atoms with van der Waals surface area (Å²) in [5, 5.41) is 3.70. The van der Waals surface area contributed by atoms with E-state index in [0.717, 1.165) is 12.8 Å². The molecule has 0 heterocycles. The first-order valence-electron chi connectivity index (χ1n) is 8.12. The molecule has 0 fully saturated rings. The van der Waals surface area contributed by atoms with Crippen molar-refractivity contribution in [3.63, 3.8) is 0 Å². The molecule has 1 atom stereocenters. The predicted molar refractivity (Wildman–Crippen MR) is 96.9 cm³/mol. The van der Waals surface area contributed by atoms with Crippen molar-refractivity contribution in [2.75, 3.05) is 6.54 Å². The van der Waals surface area contributed by atoms with Crippen LogP contribution in [0.5, 0.6) is 0 Å². The molecule has 3 heteroatoms. The molecule has 2 aromatic carbocycles. The summed E-state index contributed by atoms with van der Waals surface area (Å²) < 4.78 is 0. The molecular formula is C20H24ClNO. The first kappa shape index (κ1) is 17.6. The van der Waals surface area contributed by atoms with Crippen LogP contribution in [0.4, 0.5) is 0 Å². The minimum atomic E-state index is -0.0384. The summed E-state index contributed by atoms with van der Waals surface area (Å²) in [5.41, 5.74) is 1.97. The number of carbonyl (C=O) groups excluding carboxylic acids is 1. The fraction of sp³-hybridized carbons (Fsp3) is 0.350. The second-order valence-electron chi connectivity index (χ2n) is 6.40. The molecule has 2 nitrogen and oxygen atoms in total. The van der Waals surface area contributed by atoms with Gasteiger partial charge in [-0.3, -0.25) is 4.79 Å². The second-order valence-corrected chi connectivity index (χ2v) is 6.84. The molecule has 2 rings (SSSR count). The molecule has 0 aliphatic heterocycles. The fourth-order valence-electron chi connectivity index (χ4n) is 2.79. The summed E-state index contributed by atoms with van der Waals surface area (Å²) in [6, 6.07) is 17.4. The summed E-state index contributed by atoms with van der Waals surface area (Å²) in [4.78, 5) is 12.2. The van der Waals surface area contributed by atoms with Crippen molar-refractivity contribution in [1.82, 2.24) is 5.32 Å². The Bertz CT molecular complexity index is 607. The van der Waals surface area contributed by atoms with Gasteiger partial charge >= 0.3 is 0 Å². The maximum absolute atomic E-state index is 12.2. The van der Waals surface area contributed by atoms with Crippen molar-refractivity contribution in [2.45, 2.75) is 26.7 Å². The molecule has 1 N–H and O–H groups in total. The molecule has 2 aromatic rings. The summed E-state index contributed by atoms with van der Waals surface area (Å²) in [5.74, 6) is 1.01. The lowest BCUT2D eigenvalue weighted by atomic mass is 9.91. The van der Waals surface area contributed by atoms with Crippen molar-refractivity contribution >= 4 is 17.5 Å². The zero-order valence-electron chi connectivity index (χ0n) is 13.8. The Morgan fingerprint density at radius 3 is 2.30 bits per heavy atom. The lowest BCUT2D eigenvalue weighted by Gasteiger charge is -2.20. The fourth-order valence-corrected chi connectivity index (χ4v) is 2.92. The highest BCUT2D eigenvalue weighted by Crippen LogP contribution is 2.17. The highest BCUT2D eigenvalue weighted by molar-refractivity contribution is 6.30. The van der Waals surface area contributed by atoms with Crippen LogP contribution in [-0.2, 0) is 6.42 Å². The lowest BCUT2D eigenvalue weighted by molar-refractivity contribution is 0.0945. The summed E-state index contributed by atoms with van der Waals surface area (Å²) >= 11 is 5.86. The van der Waals surface area contributed by atoms with Gasteiger partial charge in [-0.05, 0) is 54.5 Å². The van der Waals surface area contributed by atoms with Crippen LogP contribution in [0.1, 0.15) is 36.2 Å². The van der Waals surface area contributed by atoms with E-state index in [1.54, 1.807) is 24.3 Å².